The third-order valence-electron chi connectivity index (χ3n) is 3.58. The second-order valence-corrected chi connectivity index (χ2v) is 6.97. The number of anilines is 1. The zero-order valence-electron chi connectivity index (χ0n) is 13.1. The first-order chi connectivity index (χ1) is 9.75. The molecule has 0 aliphatic carbocycles. The molecule has 0 unspecified atom stereocenters. The number of amides is 1. The second kappa shape index (κ2) is 6.18. The van der Waals surface area contributed by atoms with E-state index in [4.69, 9.17) is 11.6 Å². The third kappa shape index (κ3) is 4.30. The van der Waals surface area contributed by atoms with Crippen molar-refractivity contribution in [1.82, 2.24) is 15.3 Å². The van der Waals surface area contributed by atoms with Crippen molar-refractivity contribution in [3.05, 3.63) is 17.0 Å². The Morgan fingerprint density at radius 1 is 1.33 bits per heavy atom. The maximum absolute atomic E-state index is 11.1. The highest BCUT2D eigenvalue weighted by molar-refractivity contribution is 6.29. The van der Waals surface area contributed by atoms with Gasteiger partial charge in [0.25, 0.3) is 0 Å². The molecule has 1 fully saturated rings. The lowest BCUT2D eigenvalue weighted by Gasteiger charge is -2.33. The summed E-state index contributed by atoms with van der Waals surface area (Å²) in [5.41, 5.74) is -0.131. The number of hydrogen-bond donors (Lipinski definition) is 1. The van der Waals surface area contributed by atoms with E-state index in [0.717, 1.165) is 37.6 Å². The van der Waals surface area contributed by atoms with Crippen LogP contribution in [0, 0.1) is 0 Å². The summed E-state index contributed by atoms with van der Waals surface area (Å²) in [6.07, 6.45) is 1.85. The molecular weight excluding hydrogens is 288 g/mol. The zero-order valence-corrected chi connectivity index (χ0v) is 13.9. The van der Waals surface area contributed by atoms with E-state index in [0.29, 0.717) is 5.15 Å². The van der Waals surface area contributed by atoms with Crippen LogP contribution in [0.2, 0.25) is 5.15 Å². The van der Waals surface area contributed by atoms with Gasteiger partial charge in [0.15, 0.2) is 0 Å². The largest absolute Gasteiger partial charge is 0.356 e. The summed E-state index contributed by atoms with van der Waals surface area (Å²) in [5, 5.41) is 3.46. The van der Waals surface area contributed by atoms with E-state index < -0.39 is 0 Å². The van der Waals surface area contributed by atoms with Crippen molar-refractivity contribution in [3.63, 3.8) is 0 Å². The lowest BCUT2D eigenvalue weighted by molar-refractivity contribution is -0.119. The van der Waals surface area contributed by atoms with E-state index in [9.17, 15) is 4.79 Å². The zero-order chi connectivity index (χ0) is 15.6. The van der Waals surface area contributed by atoms with Crippen molar-refractivity contribution in [2.24, 2.45) is 0 Å². The molecule has 5 nitrogen and oxygen atoms in total. The third-order valence-corrected chi connectivity index (χ3v) is 3.77. The molecule has 1 N–H and O–H groups in total. The Balaban J connectivity index is 2.10. The molecule has 1 aromatic rings. The average molecular weight is 311 g/mol. The molecule has 1 amide bonds. The van der Waals surface area contributed by atoms with Crippen LogP contribution in [0.5, 0.6) is 0 Å². The smallest absolute Gasteiger partial charge is 0.217 e. The Morgan fingerprint density at radius 3 is 2.48 bits per heavy atom. The fraction of sp³-hybridized carbons (Fsp3) is 0.667. The second-order valence-electron chi connectivity index (χ2n) is 6.58. The first-order valence-electron chi connectivity index (χ1n) is 7.33. The number of rotatable bonds is 2. The Morgan fingerprint density at radius 2 is 1.95 bits per heavy atom. The SMILES string of the molecule is CC(=O)NC1CCN(c2cc(Cl)nc(C(C)(C)C)n2)CC1. The summed E-state index contributed by atoms with van der Waals surface area (Å²) in [4.78, 5) is 22.3. The first kappa shape index (κ1) is 16.0. The van der Waals surface area contributed by atoms with Gasteiger partial charge in [-0.05, 0) is 12.8 Å². The Hall–Kier alpha value is -1.36. The van der Waals surface area contributed by atoms with Crippen LogP contribution in [0.25, 0.3) is 0 Å². The minimum atomic E-state index is -0.131. The Labute approximate surface area is 131 Å². The quantitative estimate of drug-likeness (QED) is 0.853. The number of carbonyl (C=O) groups is 1. The molecule has 0 atom stereocenters. The van der Waals surface area contributed by atoms with Crippen LogP contribution in [0.3, 0.4) is 0 Å². The summed E-state index contributed by atoms with van der Waals surface area (Å²) in [6.45, 7) is 9.51. The van der Waals surface area contributed by atoms with Crippen molar-refractivity contribution in [2.45, 2.75) is 52.0 Å². The summed E-state index contributed by atoms with van der Waals surface area (Å²) < 4.78 is 0. The molecule has 0 spiro atoms. The molecule has 2 rings (SSSR count). The van der Waals surface area contributed by atoms with Crippen LogP contribution >= 0.6 is 11.6 Å². The predicted octanol–water partition coefficient (Wildman–Crippen LogP) is 2.53. The van der Waals surface area contributed by atoms with E-state index in [1.165, 1.54) is 0 Å². The van der Waals surface area contributed by atoms with E-state index in [-0.39, 0.29) is 17.4 Å². The van der Waals surface area contributed by atoms with Gasteiger partial charge in [-0.15, -0.1) is 0 Å². The van der Waals surface area contributed by atoms with E-state index >= 15 is 0 Å². The van der Waals surface area contributed by atoms with Crippen molar-refractivity contribution < 1.29 is 4.79 Å². The molecule has 1 aliphatic rings. The van der Waals surface area contributed by atoms with Crippen molar-refractivity contribution in [2.75, 3.05) is 18.0 Å². The van der Waals surface area contributed by atoms with Crippen molar-refractivity contribution >= 4 is 23.3 Å². The van der Waals surface area contributed by atoms with Gasteiger partial charge in [0, 0.05) is 37.5 Å². The Kier molecular flexibility index (Phi) is 4.71. The molecule has 0 saturated carbocycles. The highest BCUT2D eigenvalue weighted by Crippen LogP contribution is 2.25. The maximum atomic E-state index is 11.1. The molecular formula is C15H23ClN4O. The number of hydrogen-bond acceptors (Lipinski definition) is 4. The molecule has 1 saturated heterocycles. The monoisotopic (exact) mass is 310 g/mol. The topological polar surface area (TPSA) is 58.1 Å². The standard InChI is InChI=1S/C15H23ClN4O/c1-10(21)17-11-5-7-20(8-6-11)13-9-12(16)18-14(19-13)15(2,3)4/h9,11H,5-8H2,1-4H3,(H,17,21). The molecule has 0 bridgehead atoms. The van der Waals surface area contributed by atoms with Crippen LogP contribution in [0.1, 0.15) is 46.4 Å². The van der Waals surface area contributed by atoms with Gasteiger partial charge >= 0.3 is 0 Å². The van der Waals surface area contributed by atoms with E-state index in [1.807, 2.05) is 6.07 Å². The van der Waals surface area contributed by atoms with Gasteiger partial charge in [0.1, 0.15) is 16.8 Å². The summed E-state index contributed by atoms with van der Waals surface area (Å²) >= 11 is 6.14. The number of piperidine rings is 1. The van der Waals surface area contributed by atoms with Crippen molar-refractivity contribution in [3.8, 4) is 0 Å². The molecule has 6 heteroatoms. The minimum Gasteiger partial charge on any atom is -0.356 e. The number of halogens is 1. The number of nitrogens with zero attached hydrogens (tertiary/aromatic N) is 3. The summed E-state index contributed by atoms with van der Waals surface area (Å²) in [7, 11) is 0. The molecule has 0 radical (unpaired) electrons. The van der Waals surface area contributed by atoms with Crippen molar-refractivity contribution in [1.29, 1.82) is 0 Å². The molecule has 1 aliphatic heterocycles. The molecule has 21 heavy (non-hydrogen) atoms. The lowest BCUT2D eigenvalue weighted by atomic mass is 9.96. The number of nitrogens with one attached hydrogen (secondary N) is 1. The Bertz CT molecular complexity index is 519. The summed E-state index contributed by atoms with van der Waals surface area (Å²) in [6, 6.07) is 2.08. The van der Waals surface area contributed by atoms with Crippen LogP contribution < -0.4 is 10.2 Å². The van der Waals surface area contributed by atoms with Gasteiger partial charge in [0.05, 0.1) is 0 Å². The van der Waals surface area contributed by atoms with E-state index in [1.54, 1.807) is 6.92 Å². The van der Waals surface area contributed by atoms with E-state index in [2.05, 4.69) is 41.0 Å². The fourth-order valence-corrected chi connectivity index (χ4v) is 2.62. The van der Waals surface area contributed by atoms with Crippen LogP contribution in [-0.2, 0) is 10.2 Å². The van der Waals surface area contributed by atoms with Gasteiger partial charge in [-0.2, -0.15) is 0 Å². The van der Waals surface area contributed by atoms with Crippen LogP contribution in [-0.4, -0.2) is 35.0 Å². The maximum Gasteiger partial charge on any atom is 0.217 e. The summed E-state index contributed by atoms with van der Waals surface area (Å²) in [5.74, 6) is 1.67. The predicted molar refractivity (Wildman–Crippen MR) is 84.8 cm³/mol. The minimum absolute atomic E-state index is 0.0357. The number of carbonyl (C=O) groups excluding carboxylic acids is 1. The molecule has 2 heterocycles. The van der Waals surface area contributed by atoms with Gasteiger partial charge < -0.3 is 10.2 Å². The fourth-order valence-electron chi connectivity index (χ4n) is 2.44. The molecule has 1 aromatic heterocycles. The van der Waals surface area contributed by atoms with Gasteiger partial charge in [-0.25, -0.2) is 9.97 Å². The lowest BCUT2D eigenvalue weighted by Crippen LogP contribution is -2.44. The molecule has 116 valence electrons. The highest BCUT2D eigenvalue weighted by Gasteiger charge is 2.24. The molecule has 0 aromatic carbocycles. The number of aromatic nitrogens is 2. The van der Waals surface area contributed by atoms with Crippen LogP contribution in [0.15, 0.2) is 6.07 Å². The van der Waals surface area contributed by atoms with Gasteiger partial charge in [-0.1, -0.05) is 32.4 Å². The van der Waals surface area contributed by atoms with Gasteiger partial charge in [-0.3, -0.25) is 4.79 Å². The normalized spacial score (nSPS) is 16.9. The highest BCUT2D eigenvalue weighted by atomic mass is 35.5. The first-order valence-corrected chi connectivity index (χ1v) is 7.70. The van der Waals surface area contributed by atoms with Crippen LogP contribution in [0.4, 0.5) is 5.82 Å². The van der Waals surface area contributed by atoms with Gasteiger partial charge in [0.2, 0.25) is 5.91 Å². The average Bonchev–Trinajstić information content (AvgIpc) is 2.37.